The number of phenols is 1. The molecule has 0 heterocycles. The van der Waals surface area contributed by atoms with Gasteiger partial charge in [-0.1, -0.05) is 6.07 Å². The lowest BCUT2D eigenvalue weighted by Gasteiger charge is -2.08. The Hall–Kier alpha value is -2.96. The highest BCUT2D eigenvalue weighted by atomic mass is 19.1. The molecule has 0 bridgehead atoms. The zero-order valence-corrected chi connectivity index (χ0v) is 11.0. The van der Waals surface area contributed by atoms with Crippen LogP contribution in [-0.4, -0.2) is 15.9 Å². The zero-order chi connectivity index (χ0) is 15.6. The first-order chi connectivity index (χ1) is 9.86. The van der Waals surface area contributed by atoms with Gasteiger partial charge < -0.3 is 10.4 Å². The van der Waals surface area contributed by atoms with E-state index in [9.17, 15) is 24.4 Å². The van der Waals surface area contributed by atoms with Crippen molar-refractivity contribution in [3.8, 4) is 5.75 Å². The Bertz CT molecular complexity index is 731. The summed E-state index contributed by atoms with van der Waals surface area (Å²) in [5.74, 6) is -1.78. The fourth-order valence-electron chi connectivity index (χ4n) is 1.75. The van der Waals surface area contributed by atoms with Crippen molar-refractivity contribution in [2.75, 3.05) is 5.32 Å². The lowest BCUT2D eigenvalue weighted by molar-refractivity contribution is -0.385. The van der Waals surface area contributed by atoms with Gasteiger partial charge in [-0.05, 0) is 30.7 Å². The molecule has 7 heteroatoms. The summed E-state index contributed by atoms with van der Waals surface area (Å²) in [6.45, 7) is 1.77. The molecule has 21 heavy (non-hydrogen) atoms. The molecule has 2 rings (SSSR count). The molecule has 0 fully saturated rings. The number of halogens is 1. The van der Waals surface area contributed by atoms with E-state index in [4.69, 9.17) is 0 Å². The van der Waals surface area contributed by atoms with Crippen LogP contribution in [0.5, 0.6) is 5.75 Å². The van der Waals surface area contributed by atoms with Gasteiger partial charge in [-0.25, -0.2) is 4.39 Å². The fraction of sp³-hybridized carbons (Fsp3) is 0.0714. The van der Waals surface area contributed by atoms with Gasteiger partial charge in [0.25, 0.3) is 11.6 Å². The lowest BCUT2D eigenvalue weighted by atomic mass is 10.1. The van der Waals surface area contributed by atoms with Gasteiger partial charge >= 0.3 is 0 Å². The third-order valence-corrected chi connectivity index (χ3v) is 2.76. The maximum absolute atomic E-state index is 13.3. The van der Waals surface area contributed by atoms with E-state index in [1.807, 2.05) is 0 Å². The molecule has 0 aliphatic carbocycles. The van der Waals surface area contributed by atoms with E-state index in [-0.39, 0.29) is 17.0 Å². The van der Waals surface area contributed by atoms with Crippen molar-refractivity contribution >= 4 is 17.3 Å². The summed E-state index contributed by atoms with van der Waals surface area (Å²) in [7, 11) is 0. The van der Waals surface area contributed by atoms with Crippen LogP contribution >= 0.6 is 0 Å². The first-order valence-electron chi connectivity index (χ1n) is 5.93. The second-order valence-corrected chi connectivity index (χ2v) is 4.43. The Balaban J connectivity index is 2.30. The monoisotopic (exact) mass is 290 g/mol. The predicted octanol–water partition coefficient (Wildman–Crippen LogP) is 3.00. The van der Waals surface area contributed by atoms with Crippen LogP contribution in [0.3, 0.4) is 0 Å². The van der Waals surface area contributed by atoms with E-state index in [1.165, 1.54) is 12.1 Å². The van der Waals surface area contributed by atoms with Gasteiger partial charge in [-0.3, -0.25) is 14.9 Å². The van der Waals surface area contributed by atoms with Gasteiger partial charge in [-0.2, -0.15) is 0 Å². The smallest absolute Gasteiger partial charge is 0.273 e. The molecule has 6 nitrogen and oxygen atoms in total. The topological polar surface area (TPSA) is 92.5 Å². The first kappa shape index (κ1) is 14.4. The van der Waals surface area contributed by atoms with Crippen molar-refractivity contribution in [2.45, 2.75) is 6.92 Å². The molecule has 0 aliphatic heterocycles. The van der Waals surface area contributed by atoms with Crippen LogP contribution in [0.1, 0.15) is 15.9 Å². The van der Waals surface area contributed by atoms with Gasteiger partial charge in [0.2, 0.25) is 0 Å². The SMILES string of the molecule is Cc1ccc(NC(=O)c2cc(F)cc([N+](=O)[O-])c2)c(O)c1. The highest BCUT2D eigenvalue weighted by Gasteiger charge is 2.15. The van der Waals surface area contributed by atoms with Crippen LogP contribution < -0.4 is 5.32 Å². The maximum Gasteiger partial charge on any atom is 0.273 e. The van der Waals surface area contributed by atoms with Gasteiger partial charge in [0.1, 0.15) is 11.6 Å². The molecule has 0 radical (unpaired) electrons. The Labute approximate surface area is 119 Å². The number of anilines is 1. The van der Waals surface area contributed by atoms with E-state index >= 15 is 0 Å². The molecule has 0 saturated carbocycles. The average Bonchev–Trinajstić information content (AvgIpc) is 2.41. The molecule has 2 N–H and O–H groups in total. The summed E-state index contributed by atoms with van der Waals surface area (Å²) in [6.07, 6.45) is 0. The number of nitro benzene ring substituents is 1. The van der Waals surface area contributed by atoms with Crippen molar-refractivity contribution in [1.29, 1.82) is 0 Å². The van der Waals surface area contributed by atoms with Crippen molar-refractivity contribution in [3.05, 3.63) is 63.5 Å². The number of benzene rings is 2. The number of nitro groups is 1. The molecule has 108 valence electrons. The van der Waals surface area contributed by atoms with E-state index in [0.29, 0.717) is 0 Å². The number of nitrogens with one attached hydrogen (secondary N) is 1. The molecule has 2 aromatic rings. The van der Waals surface area contributed by atoms with Crippen LogP contribution in [-0.2, 0) is 0 Å². The predicted molar refractivity (Wildman–Crippen MR) is 73.9 cm³/mol. The van der Waals surface area contributed by atoms with Crippen molar-refractivity contribution < 1.29 is 19.2 Å². The zero-order valence-electron chi connectivity index (χ0n) is 11.0. The van der Waals surface area contributed by atoms with E-state index in [0.717, 1.165) is 23.8 Å². The minimum Gasteiger partial charge on any atom is -0.506 e. The maximum atomic E-state index is 13.3. The summed E-state index contributed by atoms with van der Waals surface area (Å²) in [6, 6.07) is 7.17. The number of phenolic OH excluding ortho intramolecular Hbond substituents is 1. The number of aromatic hydroxyl groups is 1. The average molecular weight is 290 g/mol. The number of carbonyl (C=O) groups is 1. The highest BCUT2D eigenvalue weighted by molar-refractivity contribution is 6.05. The number of hydrogen-bond donors (Lipinski definition) is 2. The quantitative estimate of drug-likeness (QED) is 0.516. The number of carbonyl (C=O) groups excluding carboxylic acids is 1. The van der Waals surface area contributed by atoms with Crippen LogP contribution in [0.4, 0.5) is 15.8 Å². The Kier molecular flexibility index (Phi) is 3.84. The van der Waals surface area contributed by atoms with Gasteiger partial charge in [0.05, 0.1) is 16.7 Å². The van der Waals surface area contributed by atoms with E-state index in [2.05, 4.69) is 5.32 Å². The number of hydrogen-bond acceptors (Lipinski definition) is 4. The molecular formula is C14H11FN2O4. The van der Waals surface area contributed by atoms with Crippen LogP contribution in [0, 0.1) is 22.9 Å². The minimum atomic E-state index is -0.887. The normalized spacial score (nSPS) is 10.2. The highest BCUT2D eigenvalue weighted by Crippen LogP contribution is 2.25. The summed E-state index contributed by atoms with van der Waals surface area (Å²) in [5, 5.41) is 22.7. The second-order valence-electron chi connectivity index (χ2n) is 4.43. The second kappa shape index (κ2) is 5.58. The summed E-state index contributed by atoms with van der Waals surface area (Å²) < 4.78 is 13.3. The summed E-state index contributed by atoms with van der Waals surface area (Å²) >= 11 is 0. The van der Waals surface area contributed by atoms with Crippen LogP contribution in [0.15, 0.2) is 36.4 Å². The van der Waals surface area contributed by atoms with E-state index in [1.54, 1.807) is 13.0 Å². The lowest BCUT2D eigenvalue weighted by Crippen LogP contribution is -2.12. The van der Waals surface area contributed by atoms with E-state index < -0.39 is 22.3 Å². The number of non-ortho nitro benzene ring substituents is 1. The largest absolute Gasteiger partial charge is 0.506 e. The third kappa shape index (κ3) is 3.33. The molecule has 1 amide bonds. The van der Waals surface area contributed by atoms with Crippen molar-refractivity contribution in [3.63, 3.8) is 0 Å². The van der Waals surface area contributed by atoms with Crippen LogP contribution in [0.25, 0.3) is 0 Å². The number of aryl methyl sites for hydroxylation is 1. The molecule has 0 atom stereocenters. The Morgan fingerprint density at radius 3 is 2.62 bits per heavy atom. The van der Waals surface area contributed by atoms with Crippen molar-refractivity contribution in [2.24, 2.45) is 0 Å². The molecule has 0 spiro atoms. The molecule has 0 unspecified atom stereocenters. The van der Waals surface area contributed by atoms with Gasteiger partial charge in [0, 0.05) is 11.6 Å². The number of nitrogens with zero attached hydrogens (tertiary/aromatic N) is 1. The first-order valence-corrected chi connectivity index (χ1v) is 5.93. The summed E-state index contributed by atoms with van der Waals surface area (Å²) in [5.41, 5.74) is 0.208. The molecule has 0 aromatic heterocycles. The molecule has 0 saturated heterocycles. The molecule has 2 aromatic carbocycles. The molecule has 0 aliphatic rings. The van der Waals surface area contributed by atoms with Gasteiger partial charge in [0.15, 0.2) is 0 Å². The molecular weight excluding hydrogens is 279 g/mol. The Morgan fingerprint density at radius 1 is 1.29 bits per heavy atom. The summed E-state index contributed by atoms with van der Waals surface area (Å²) in [4.78, 5) is 21.8. The van der Waals surface area contributed by atoms with Gasteiger partial charge in [-0.15, -0.1) is 0 Å². The number of amides is 1. The third-order valence-electron chi connectivity index (χ3n) is 2.76. The number of rotatable bonds is 3. The fourth-order valence-corrected chi connectivity index (χ4v) is 1.75. The Morgan fingerprint density at radius 2 is 2.00 bits per heavy atom. The minimum absolute atomic E-state index is 0.137. The van der Waals surface area contributed by atoms with Crippen LogP contribution in [0.2, 0.25) is 0 Å². The standard InChI is InChI=1S/C14H11FN2O4/c1-8-2-3-12(13(18)4-8)16-14(19)9-5-10(15)7-11(6-9)17(20)21/h2-7,18H,1H3,(H,16,19). The van der Waals surface area contributed by atoms with Crippen molar-refractivity contribution in [1.82, 2.24) is 0 Å².